The van der Waals surface area contributed by atoms with Crippen molar-refractivity contribution in [3.05, 3.63) is 29.3 Å². The summed E-state index contributed by atoms with van der Waals surface area (Å²) in [7, 11) is 0. The Balaban J connectivity index is 2.41. The Morgan fingerprint density at radius 1 is 1.39 bits per heavy atom. The smallest absolute Gasteiger partial charge is 0.369 e. The first kappa shape index (κ1) is 12.7. The largest absolute Gasteiger partial charge is 0.416 e. The number of benzene rings is 1. The van der Waals surface area contributed by atoms with E-state index in [0.717, 1.165) is 18.6 Å². The van der Waals surface area contributed by atoms with Crippen molar-refractivity contribution in [2.45, 2.75) is 18.6 Å². The van der Waals surface area contributed by atoms with E-state index in [1.165, 1.54) is 6.07 Å². The molecule has 0 radical (unpaired) electrons. The Morgan fingerprint density at radius 2 is 2.11 bits per heavy atom. The number of nitrogens with zero attached hydrogens (tertiary/aromatic N) is 2. The van der Waals surface area contributed by atoms with E-state index in [0.29, 0.717) is 18.8 Å². The molecule has 2 N–H and O–H groups in total. The van der Waals surface area contributed by atoms with Crippen molar-refractivity contribution in [1.29, 1.82) is 5.26 Å². The van der Waals surface area contributed by atoms with Crippen LogP contribution in [0.1, 0.15) is 17.5 Å². The fourth-order valence-electron chi connectivity index (χ4n) is 2.07. The van der Waals surface area contributed by atoms with Crippen LogP contribution in [0.5, 0.6) is 0 Å². The summed E-state index contributed by atoms with van der Waals surface area (Å²) in [5, 5.41) is 8.95. The Kier molecular flexibility index (Phi) is 3.18. The molecule has 1 unspecified atom stereocenters. The van der Waals surface area contributed by atoms with Crippen molar-refractivity contribution >= 4 is 5.69 Å². The summed E-state index contributed by atoms with van der Waals surface area (Å²) in [5.74, 6) is 0. The van der Waals surface area contributed by atoms with E-state index < -0.39 is 11.7 Å². The number of alkyl halides is 3. The summed E-state index contributed by atoms with van der Waals surface area (Å²) >= 11 is 0. The molecule has 3 nitrogen and oxygen atoms in total. The Hall–Kier alpha value is -1.74. The van der Waals surface area contributed by atoms with Gasteiger partial charge in [-0.3, -0.25) is 0 Å². The van der Waals surface area contributed by atoms with Gasteiger partial charge in [-0.2, -0.15) is 18.4 Å². The molecule has 0 amide bonds. The predicted molar refractivity (Wildman–Crippen MR) is 61.0 cm³/mol. The molecule has 0 aliphatic carbocycles. The van der Waals surface area contributed by atoms with Gasteiger partial charge in [0.05, 0.1) is 16.8 Å². The van der Waals surface area contributed by atoms with Crippen molar-refractivity contribution in [2.75, 3.05) is 18.0 Å². The van der Waals surface area contributed by atoms with Gasteiger partial charge in [-0.15, -0.1) is 0 Å². The minimum Gasteiger partial charge on any atom is -0.369 e. The SMILES string of the molecule is N#Cc1ccc(C(F)(F)F)cc1N1CCC(N)C1. The second kappa shape index (κ2) is 4.50. The van der Waals surface area contributed by atoms with Crippen molar-refractivity contribution in [2.24, 2.45) is 5.73 Å². The van der Waals surface area contributed by atoms with Gasteiger partial charge < -0.3 is 10.6 Å². The van der Waals surface area contributed by atoms with E-state index in [1.807, 2.05) is 6.07 Å². The third kappa shape index (κ3) is 2.41. The second-order valence-electron chi connectivity index (χ2n) is 4.34. The lowest BCUT2D eigenvalue weighted by Crippen LogP contribution is -2.27. The normalized spacial score (nSPS) is 19.9. The van der Waals surface area contributed by atoms with Gasteiger partial charge in [-0.1, -0.05) is 0 Å². The lowest BCUT2D eigenvalue weighted by atomic mass is 10.1. The summed E-state index contributed by atoms with van der Waals surface area (Å²) in [6.45, 7) is 1.06. The minimum atomic E-state index is -4.40. The minimum absolute atomic E-state index is 0.0499. The van der Waals surface area contributed by atoms with E-state index in [9.17, 15) is 13.2 Å². The molecule has 1 fully saturated rings. The Labute approximate surface area is 103 Å². The van der Waals surface area contributed by atoms with Crippen molar-refractivity contribution < 1.29 is 13.2 Å². The lowest BCUT2D eigenvalue weighted by molar-refractivity contribution is -0.137. The van der Waals surface area contributed by atoms with Crippen LogP contribution in [0.2, 0.25) is 0 Å². The molecule has 1 heterocycles. The Morgan fingerprint density at radius 3 is 2.61 bits per heavy atom. The fraction of sp³-hybridized carbons (Fsp3) is 0.417. The van der Waals surface area contributed by atoms with Gasteiger partial charge >= 0.3 is 6.18 Å². The topological polar surface area (TPSA) is 53.0 Å². The van der Waals surface area contributed by atoms with E-state index in [-0.39, 0.29) is 11.6 Å². The number of hydrogen-bond acceptors (Lipinski definition) is 3. The fourth-order valence-corrected chi connectivity index (χ4v) is 2.07. The number of anilines is 1. The van der Waals surface area contributed by atoms with Crippen LogP contribution in [0.15, 0.2) is 18.2 Å². The first-order valence-electron chi connectivity index (χ1n) is 5.53. The first-order valence-corrected chi connectivity index (χ1v) is 5.53. The zero-order valence-electron chi connectivity index (χ0n) is 9.54. The van der Waals surface area contributed by atoms with Gasteiger partial charge in [0.2, 0.25) is 0 Å². The third-order valence-electron chi connectivity index (χ3n) is 3.01. The zero-order valence-corrected chi connectivity index (χ0v) is 9.54. The molecule has 2 rings (SSSR count). The van der Waals surface area contributed by atoms with E-state index in [4.69, 9.17) is 11.0 Å². The van der Waals surface area contributed by atoms with Crippen molar-refractivity contribution in [1.82, 2.24) is 0 Å². The Bertz CT molecular complexity index is 490. The maximum absolute atomic E-state index is 12.6. The van der Waals surface area contributed by atoms with E-state index >= 15 is 0 Å². The molecule has 1 aliphatic heterocycles. The highest BCUT2D eigenvalue weighted by Gasteiger charge is 2.32. The van der Waals surface area contributed by atoms with Crippen LogP contribution in [0.25, 0.3) is 0 Å². The molecule has 96 valence electrons. The average Bonchev–Trinajstić information content (AvgIpc) is 2.73. The number of rotatable bonds is 1. The summed E-state index contributed by atoms with van der Waals surface area (Å²) in [6.07, 6.45) is -3.67. The molecular weight excluding hydrogens is 243 g/mol. The van der Waals surface area contributed by atoms with Gasteiger partial charge in [0, 0.05) is 19.1 Å². The monoisotopic (exact) mass is 255 g/mol. The molecule has 1 aliphatic rings. The molecule has 0 aromatic heterocycles. The van der Waals surface area contributed by atoms with Crippen LogP contribution < -0.4 is 10.6 Å². The van der Waals surface area contributed by atoms with Crippen LogP contribution >= 0.6 is 0 Å². The molecule has 0 spiro atoms. The highest BCUT2D eigenvalue weighted by molar-refractivity contribution is 5.61. The molecule has 1 aromatic rings. The maximum atomic E-state index is 12.6. The number of halogens is 3. The van der Waals surface area contributed by atoms with E-state index in [2.05, 4.69) is 0 Å². The zero-order chi connectivity index (χ0) is 13.3. The van der Waals surface area contributed by atoms with Crippen LogP contribution in [0.4, 0.5) is 18.9 Å². The average molecular weight is 255 g/mol. The lowest BCUT2D eigenvalue weighted by Gasteiger charge is -2.20. The number of nitriles is 1. The van der Waals surface area contributed by atoms with Gasteiger partial charge in [0.25, 0.3) is 0 Å². The maximum Gasteiger partial charge on any atom is 0.416 e. The van der Waals surface area contributed by atoms with Gasteiger partial charge in [-0.25, -0.2) is 0 Å². The predicted octanol–water partition coefficient (Wildman–Crippen LogP) is 2.11. The highest BCUT2D eigenvalue weighted by Crippen LogP contribution is 2.34. The molecule has 0 saturated carbocycles. The number of hydrogen-bond donors (Lipinski definition) is 1. The summed E-state index contributed by atoms with van der Waals surface area (Å²) in [5.41, 5.74) is 5.56. The van der Waals surface area contributed by atoms with Gasteiger partial charge in [0.1, 0.15) is 6.07 Å². The third-order valence-corrected chi connectivity index (χ3v) is 3.01. The standard InChI is InChI=1S/C12H12F3N3/c13-12(14,15)9-2-1-8(6-16)11(5-9)18-4-3-10(17)7-18/h1-2,5,10H,3-4,7,17H2. The van der Waals surface area contributed by atoms with Crippen molar-refractivity contribution in [3.63, 3.8) is 0 Å². The molecular formula is C12H12F3N3. The summed E-state index contributed by atoms with van der Waals surface area (Å²) in [6, 6.07) is 5.03. The van der Waals surface area contributed by atoms with Crippen LogP contribution in [0.3, 0.4) is 0 Å². The van der Waals surface area contributed by atoms with Crippen LogP contribution in [-0.4, -0.2) is 19.1 Å². The molecule has 1 atom stereocenters. The van der Waals surface area contributed by atoms with Crippen molar-refractivity contribution in [3.8, 4) is 6.07 Å². The van der Waals surface area contributed by atoms with Crippen LogP contribution in [0, 0.1) is 11.3 Å². The molecule has 0 bridgehead atoms. The highest BCUT2D eigenvalue weighted by atomic mass is 19.4. The van der Waals surface area contributed by atoms with Gasteiger partial charge in [0.15, 0.2) is 0 Å². The van der Waals surface area contributed by atoms with Gasteiger partial charge in [-0.05, 0) is 24.6 Å². The first-order chi connectivity index (χ1) is 8.41. The number of nitrogens with two attached hydrogens (primary N) is 1. The molecule has 18 heavy (non-hydrogen) atoms. The quantitative estimate of drug-likeness (QED) is 0.836. The molecule has 1 aromatic carbocycles. The summed E-state index contributed by atoms with van der Waals surface area (Å²) < 4.78 is 37.9. The molecule has 6 heteroatoms. The second-order valence-corrected chi connectivity index (χ2v) is 4.34. The molecule has 1 saturated heterocycles. The van der Waals surface area contributed by atoms with Crippen LogP contribution in [-0.2, 0) is 6.18 Å². The summed E-state index contributed by atoms with van der Waals surface area (Å²) in [4.78, 5) is 1.73. The van der Waals surface area contributed by atoms with E-state index in [1.54, 1.807) is 4.90 Å².